The van der Waals surface area contributed by atoms with Crippen LogP contribution in [-0.4, -0.2) is 4.98 Å². The van der Waals surface area contributed by atoms with E-state index >= 15 is 0 Å². The van der Waals surface area contributed by atoms with Gasteiger partial charge in [-0.25, -0.2) is 4.98 Å². The lowest BCUT2D eigenvalue weighted by atomic mass is 10.2. The summed E-state index contributed by atoms with van der Waals surface area (Å²) in [4.78, 5) is 4.48. The predicted molar refractivity (Wildman–Crippen MR) is 76.4 cm³/mol. The maximum absolute atomic E-state index is 5.70. The molecule has 0 aliphatic carbocycles. The predicted octanol–water partition coefficient (Wildman–Crippen LogP) is 4.67. The second kappa shape index (κ2) is 5.05. The molecule has 0 fully saturated rings. The van der Waals surface area contributed by atoms with Crippen LogP contribution in [0.15, 0.2) is 53.0 Å². The van der Waals surface area contributed by atoms with Crippen LogP contribution in [-0.2, 0) is 0 Å². The van der Waals surface area contributed by atoms with Crippen molar-refractivity contribution in [2.24, 2.45) is 0 Å². The zero-order valence-corrected chi connectivity index (χ0v) is 11.0. The average Bonchev–Trinajstić information content (AvgIpc) is 2.81. The van der Waals surface area contributed by atoms with E-state index in [0.717, 1.165) is 22.2 Å². The van der Waals surface area contributed by atoms with E-state index in [4.69, 9.17) is 4.42 Å². The average molecular weight is 239 g/mol. The van der Waals surface area contributed by atoms with Crippen molar-refractivity contribution in [3.63, 3.8) is 0 Å². The summed E-state index contributed by atoms with van der Waals surface area (Å²) in [5.41, 5.74) is 4.80. The maximum atomic E-state index is 5.70. The third kappa shape index (κ3) is 2.43. The molecule has 92 valence electrons. The number of para-hydroxylation sites is 1. The number of aryl methyl sites for hydroxylation is 1. The molecule has 0 bridgehead atoms. The van der Waals surface area contributed by atoms with Crippen LogP contribution in [0.25, 0.3) is 16.7 Å². The van der Waals surface area contributed by atoms with Gasteiger partial charge in [-0.15, -0.1) is 0 Å². The molecule has 2 aromatic rings. The molecule has 0 unspecified atom stereocenters. The van der Waals surface area contributed by atoms with Gasteiger partial charge in [-0.05, 0) is 38.5 Å². The van der Waals surface area contributed by atoms with Gasteiger partial charge in [0.1, 0.15) is 5.52 Å². The number of aromatic nitrogens is 1. The van der Waals surface area contributed by atoms with Crippen LogP contribution in [0, 0.1) is 6.92 Å². The number of nitrogens with zero attached hydrogens (tertiary/aromatic N) is 1. The molecule has 1 heterocycles. The minimum absolute atomic E-state index is 0.583. The van der Waals surface area contributed by atoms with Gasteiger partial charge in [-0.2, -0.15) is 0 Å². The van der Waals surface area contributed by atoms with Gasteiger partial charge in [-0.1, -0.05) is 36.4 Å². The largest absolute Gasteiger partial charge is 0.436 e. The monoisotopic (exact) mass is 239 g/mol. The first-order valence-electron chi connectivity index (χ1n) is 5.98. The van der Waals surface area contributed by atoms with Crippen molar-refractivity contribution in [1.82, 2.24) is 4.98 Å². The summed E-state index contributed by atoms with van der Waals surface area (Å²) >= 11 is 0. The Hall–Kier alpha value is -2.09. The highest BCUT2D eigenvalue weighted by molar-refractivity contribution is 5.80. The molecule has 0 spiro atoms. The van der Waals surface area contributed by atoms with Crippen LogP contribution < -0.4 is 0 Å². The first-order chi connectivity index (χ1) is 8.61. The molecule has 0 saturated carbocycles. The number of hydrogen-bond acceptors (Lipinski definition) is 2. The SMILES string of the molecule is C=C(/C=C\C(C)=C/C)c1nc2c(C)cccc2o1. The number of fused-ring (bicyclic) bond motifs is 1. The summed E-state index contributed by atoms with van der Waals surface area (Å²) < 4.78 is 5.70. The zero-order chi connectivity index (χ0) is 13.1. The van der Waals surface area contributed by atoms with Crippen molar-refractivity contribution in [1.29, 1.82) is 0 Å². The maximum Gasteiger partial charge on any atom is 0.226 e. The molecule has 1 aromatic carbocycles. The number of benzene rings is 1. The molecular weight excluding hydrogens is 222 g/mol. The lowest BCUT2D eigenvalue weighted by molar-refractivity contribution is 0.586. The molecule has 2 heteroatoms. The molecule has 0 radical (unpaired) electrons. The summed E-state index contributed by atoms with van der Waals surface area (Å²) in [5, 5.41) is 0. The first-order valence-corrected chi connectivity index (χ1v) is 5.98. The third-order valence-corrected chi connectivity index (χ3v) is 2.90. The van der Waals surface area contributed by atoms with E-state index in [1.165, 1.54) is 5.57 Å². The highest BCUT2D eigenvalue weighted by Gasteiger charge is 2.08. The van der Waals surface area contributed by atoms with Crippen LogP contribution in [0.1, 0.15) is 25.3 Å². The Labute approximate surface area is 107 Å². The van der Waals surface area contributed by atoms with Gasteiger partial charge in [0.05, 0.1) is 0 Å². The lowest BCUT2D eigenvalue weighted by Crippen LogP contribution is -1.79. The second-order valence-corrected chi connectivity index (χ2v) is 4.33. The Morgan fingerprint density at radius 2 is 2.11 bits per heavy atom. The van der Waals surface area contributed by atoms with E-state index in [-0.39, 0.29) is 0 Å². The van der Waals surface area contributed by atoms with Crippen LogP contribution in [0.5, 0.6) is 0 Å². The number of allylic oxidation sites excluding steroid dienone is 5. The second-order valence-electron chi connectivity index (χ2n) is 4.33. The standard InChI is InChI=1S/C16H17NO/c1-5-11(2)9-10-13(4)16-17-15-12(3)7-6-8-14(15)18-16/h5-10H,4H2,1-3H3/b10-9-,11-5-. The summed E-state index contributed by atoms with van der Waals surface area (Å²) in [6.45, 7) is 10.1. The number of rotatable bonds is 3. The zero-order valence-electron chi connectivity index (χ0n) is 11.0. The van der Waals surface area contributed by atoms with Gasteiger partial charge in [0.25, 0.3) is 0 Å². The normalized spacial score (nSPS) is 12.5. The molecule has 0 aliphatic heterocycles. The fourth-order valence-electron chi connectivity index (χ4n) is 1.62. The smallest absolute Gasteiger partial charge is 0.226 e. The molecule has 18 heavy (non-hydrogen) atoms. The Kier molecular flexibility index (Phi) is 3.47. The van der Waals surface area contributed by atoms with Gasteiger partial charge in [0.2, 0.25) is 5.89 Å². The van der Waals surface area contributed by atoms with Gasteiger partial charge in [-0.3, -0.25) is 0 Å². The molecule has 0 saturated heterocycles. The molecule has 0 N–H and O–H groups in total. The minimum atomic E-state index is 0.583. The number of oxazole rings is 1. The van der Waals surface area contributed by atoms with Crippen molar-refractivity contribution in [3.8, 4) is 0 Å². The highest BCUT2D eigenvalue weighted by atomic mass is 16.3. The molecule has 0 amide bonds. The van der Waals surface area contributed by atoms with E-state index in [9.17, 15) is 0 Å². The van der Waals surface area contributed by atoms with Gasteiger partial charge in [0, 0.05) is 5.57 Å². The molecule has 2 rings (SSSR count). The Morgan fingerprint density at radius 1 is 1.33 bits per heavy atom. The third-order valence-electron chi connectivity index (χ3n) is 2.90. The Morgan fingerprint density at radius 3 is 2.78 bits per heavy atom. The molecular formula is C16H17NO. The van der Waals surface area contributed by atoms with Crippen molar-refractivity contribution < 1.29 is 4.42 Å². The van der Waals surface area contributed by atoms with Crippen molar-refractivity contribution in [2.75, 3.05) is 0 Å². The summed E-state index contributed by atoms with van der Waals surface area (Å²) in [7, 11) is 0. The van der Waals surface area contributed by atoms with Crippen LogP contribution in [0.2, 0.25) is 0 Å². The first kappa shape index (κ1) is 12.4. The van der Waals surface area contributed by atoms with Crippen LogP contribution in [0.3, 0.4) is 0 Å². The van der Waals surface area contributed by atoms with Crippen LogP contribution in [0.4, 0.5) is 0 Å². The van der Waals surface area contributed by atoms with E-state index < -0.39 is 0 Å². The Balaban J connectivity index is 2.35. The van der Waals surface area contributed by atoms with E-state index in [1.54, 1.807) is 0 Å². The highest BCUT2D eigenvalue weighted by Crippen LogP contribution is 2.23. The van der Waals surface area contributed by atoms with Crippen molar-refractivity contribution in [3.05, 3.63) is 60.0 Å². The van der Waals surface area contributed by atoms with Gasteiger partial charge < -0.3 is 4.42 Å². The van der Waals surface area contributed by atoms with E-state index in [2.05, 4.69) is 11.6 Å². The van der Waals surface area contributed by atoms with Gasteiger partial charge >= 0.3 is 0 Å². The molecule has 0 atom stereocenters. The molecule has 2 nitrogen and oxygen atoms in total. The van der Waals surface area contributed by atoms with Crippen LogP contribution >= 0.6 is 0 Å². The molecule has 1 aromatic heterocycles. The summed E-state index contributed by atoms with van der Waals surface area (Å²) in [6, 6.07) is 5.92. The van der Waals surface area contributed by atoms with Crippen molar-refractivity contribution in [2.45, 2.75) is 20.8 Å². The lowest BCUT2D eigenvalue weighted by Gasteiger charge is -1.92. The Bertz CT molecular complexity index is 644. The topological polar surface area (TPSA) is 26.0 Å². The number of hydrogen-bond donors (Lipinski definition) is 0. The van der Waals surface area contributed by atoms with Crippen molar-refractivity contribution >= 4 is 16.7 Å². The quantitative estimate of drug-likeness (QED) is 0.727. The molecule has 0 aliphatic rings. The van der Waals surface area contributed by atoms with E-state index in [0.29, 0.717) is 5.89 Å². The fourth-order valence-corrected chi connectivity index (χ4v) is 1.62. The minimum Gasteiger partial charge on any atom is -0.436 e. The summed E-state index contributed by atoms with van der Waals surface area (Å²) in [5.74, 6) is 0.583. The van der Waals surface area contributed by atoms with Gasteiger partial charge in [0.15, 0.2) is 5.58 Å². The van der Waals surface area contributed by atoms with E-state index in [1.807, 2.05) is 57.2 Å². The summed E-state index contributed by atoms with van der Waals surface area (Å²) in [6.07, 6.45) is 5.97. The fraction of sp³-hybridized carbons (Fsp3) is 0.188.